The van der Waals surface area contributed by atoms with E-state index >= 15 is 0 Å². The average molecular weight is 317 g/mol. The molecule has 1 nitrogen and oxygen atoms in total. The molecule has 2 unspecified atom stereocenters. The van der Waals surface area contributed by atoms with Gasteiger partial charge in [-0.3, -0.25) is 0 Å². The van der Waals surface area contributed by atoms with Crippen molar-refractivity contribution in [1.82, 2.24) is 5.32 Å². The molecular weight excluding hydrogens is 298 g/mol. The van der Waals surface area contributed by atoms with Gasteiger partial charge in [0.15, 0.2) is 0 Å². The summed E-state index contributed by atoms with van der Waals surface area (Å²) in [5.74, 6) is 0.787. The van der Waals surface area contributed by atoms with Gasteiger partial charge >= 0.3 is 0 Å². The lowest BCUT2D eigenvalue weighted by Gasteiger charge is -2.29. The smallest absolute Gasteiger partial charge is 0.0451 e. The van der Waals surface area contributed by atoms with Gasteiger partial charge in [0.05, 0.1) is 0 Å². The highest BCUT2D eigenvalue weighted by molar-refractivity contribution is 9.10. The third kappa shape index (κ3) is 3.70. The fourth-order valence-electron chi connectivity index (χ4n) is 2.54. The van der Waals surface area contributed by atoms with Crippen molar-refractivity contribution in [3.05, 3.63) is 33.3 Å². The molecule has 1 aliphatic rings. The number of benzene rings is 1. The third-order valence-electron chi connectivity index (χ3n) is 3.67. The average Bonchev–Trinajstić information content (AvgIpc) is 2.32. The molecule has 1 N–H and O–H groups in total. The molecule has 1 aromatic rings. The Labute approximate surface area is 117 Å². The predicted molar refractivity (Wildman–Crippen MR) is 77.4 cm³/mol. The standard InChI is InChI=1S/C14H19BrClN/c1-10-4-2-3-5-14(10)17-9-11-8-12(15)6-7-13(11)16/h6-8,10,14,17H,2-5,9H2,1H3. The van der Waals surface area contributed by atoms with Crippen molar-refractivity contribution in [1.29, 1.82) is 0 Å². The summed E-state index contributed by atoms with van der Waals surface area (Å²) in [6.45, 7) is 3.21. The van der Waals surface area contributed by atoms with Crippen LogP contribution in [-0.4, -0.2) is 6.04 Å². The first kappa shape index (κ1) is 13.4. The van der Waals surface area contributed by atoms with Crippen LogP contribution in [0.1, 0.15) is 38.2 Å². The van der Waals surface area contributed by atoms with Crippen molar-refractivity contribution in [2.75, 3.05) is 0 Å². The van der Waals surface area contributed by atoms with Crippen LogP contribution in [-0.2, 0) is 6.54 Å². The lowest BCUT2D eigenvalue weighted by atomic mass is 9.86. The van der Waals surface area contributed by atoms with Gasteiger partial charge in [0.25, 0.3) is 0 Å². The van der Waals surface area contributed by atoms with Crippen molar-refractivity contribution >= 4 is 27.5 Å². The van der Waals surface area contributed by atoms with E-state index in [1.807, 2.05) is 12.1 Å². The van der Waals surface area contributed by atoms with Gasteiger partial charge in [-0.1, -0.05) is 47.3 Å². The third-order valence-corrected chi connectivity index (χ3v) is 4.54. The molecule has 0 aliphatic heterocycles. The molecule has 0 amide bonds. The molecule has 17 heavy (non-hydrogen) atoms. The van der Waals surface area contributed by atoms with Crippen molar-refractivity contribution < 1.29 is 0 Å². The van der Waals surface area contributed by atoms with Crippen molar-refractivity contribution in [3.8, 4) is 0 Å². The van der Waals surface area contributed by atoms with Crippen LogP contribution in [0.3, 0.4) is 0 Å². The van der Waals surface area contributed by atoms with E-state index in [4.69, 9.17) is 11.6 Å². The normalized spacial score (nSPS) is 24.9. The molecule has 0 heterocycles. The SMILES string of the molecule is CC1CCCCC1NCc1cc(Br)ccc1Cl. The first-order valence-electron chi connectivity index (χ1n) is 6.34. The Morgan fingerprint density at radius 2 is 2.12 bits per heavy atom. The molecule has 0 aromatic heterocycles. The Bertz CT molecular complexity index is 380. The Balaban J connectivity index is 1.94. The summed E-state index contributed by atoms with van der Waals surface area (Å²) in [6.07, 6.45) is 5.39. The van der Waals surface area contributed by atoms with Gasteiger partial charge in [0, 0.05) is 22.1 Å². The van der Waals surface area contributed by atoms with Crippen molar-refractivity contribution in [2.45, 2.75) is 45.2 Å². The van der Waals surface area contributed by atoms with Crippen molar-refractivity contribution in [3.63, 3.8) is 0 Å². The van der Waals surface area contributed by atoms with E-state index in [9.17, 15) is 0 Å². The van der Waals surface area contributed by atoms with Crippen LogP contribution < -0.4 is 5.32 Å². The van der Waals surface area contributed by atoms with Gasteiger partial charge in [0.2, 0.25) is 0 Å². The second-order valence-electron chi connectivity index (χ2n) is 4.98. The van der Waals surface area contributed by atoms with E-state index in [0.717, 1.165) is 22.0 Å². The number of hydrogen-bond donors (Lipinski definition) is 1. The second kappa shape index (κ2) is 6.21. The lowest BCUT2D eigenvalue weighted by molar-refractivity contribution is 0.279. The number of nitrogens with one attached hydrogen (secondary N) is 1. The Morgan fingerprint density at radius 1 is 1.35 bits per heavy atom. The minimum absolute atomic E-state index is 0.652. The molecule has 0 spiro atoms. The summed E-state index contributed by atoms with van der Waals surface area (Å²) < 4.78 is 1.09. The largest absolute Gasteiger partial charge is 0.310 e. The topological polar surface area (TPSA) is 12.0 Å². The van der Waals surface area contributed by atoms with Gasteiger partial charge in [0.1, 0.15) is 0 Å². The maximum Gasteiger partial charge on any atom is 0.0451 e. The fraction of sp³-hybridized carbons (Fsp3) is 0.571. The number of halogens is 2. The molecule has 1 fully saturated rings. The number of rotatable bonds is 3. The van der Waals surface area contributed by atoms with E-state index in [-0.39, 0.29) is 0 Å². The number of hydrogen-bond acceptors (Lipinski definition) is 1. The zero-order valence-corrected chi connectivity index (χ0v) is 12.5. The maximum absolute atomic E-state index is 6.19. The molecule has 0 bridgehead atoms. The van der Waals surface area contributed by atoms with Crippen LogP contribution in [0.25, 0.3) is 0 Å². The molecule has 0 saturated heterocycles. The summed E-state index contributed by atoms with van der Waals surface area (Å²) in [5.41, 5.74) is 1.18. The predicted octanol–water partition coefficient (Wildman–Crippen LogP) is 4.77. The highest BCUT2D eigenvalue weighted by atomic mass is 79.9. The Kier molecular flexibility index (Phi) is 4.89. The minimum atomic E-state index is 0.652. The molecule has 2 rings (SSSR count). The van der Waals surface area contributed by atoms with Gasteiger partial charge in [-0.25, -0.2) is 0 Å². The van der Waals surface area contributed by atoms with Crippen LogP contribution >= 0.6 is 27.5 Å². The molecule has 2 atom stereocenters. The first-order chi connectivity index (χ1) is 8.16. The zero-order chi connectivity index (χ0) is 12.3. The molecule has 0 radical (unpaired) electrons. The summed E-state index contributed by atoms with van der Waals surface area (Å²) >= 11 is 9.68. The first-order valence-corrected chi connectivity index (χ1v) is 7.51. The van der Waals surface area contributed by atoms with Crippen LogP contribution in [0.4, 0.5) is 0 Å². The summed E-state index contributed by atoms with van der Waals surface area (Å²) in [4.78, 5) is 0. The minimum Gasteiger partial charge on any atom is -0.310 e. The highest BCUT2D eigenvalue weighted by Crippen LogP contribution is 2.25. The van der Waals surface area contributed by atoms with E-state index < -0.39 is 0 Å². The second-order valence-corrected chi connectivity index (χ2v) is 6.31. The molecule has 3 heteroatoms. The van der Waals surface area contributed by atoms with Crippen molar-refractivity contribution in [2.24, 2.45) is 5.92 Å². The van der Waals surface area contributed by atoms with E-state index in [0.29, 0.717) is 6.04 Å². The molecule has 1 aliphatic carbocycles. The molecule has 1 saturated carbocycles. The Morgan fingerprint density at radius 3 is 2.88 bits per heavy atom. The van der Waals surface area contributed by atoms with Gasteiger partial charge in [-0.15, -0.1) is 0 Å². The van der Waals surface area contributed by atoms with Crippen LogP contribution in [0.5, 0.6) is 0 Å². The fourth-order valence-corrected chi connectivity index (χ4v) is 3.13. The summed E-state index contributed by atoms with van der Waals surface area (Å²) in [6, 6.07) is 6.68. The quantitative estimate of drug-likeness (QED) is 0.847. The molecule has 1 aromatic carbocycles. The maximum atomic E-state index is 6.19. The Hall–Kier alpha value is -0.0500. The monoisotopic (exact) mass is 315 g/mol. The summed E-state index contributed by atoms with van der Waals surface area (Å²) in [5, 5.41) is 4.50. The summed E-state index contributed by atoms with van der Waals surface area (Å²) in [7, 11) is 0. The van der Waals surface area contributed by atoms with Gasteiger partial charge < -0.3 is 5.32 Å². The van der Waals surface area contributed by atoms with E-state index in [2.05, 4.69) is 34.2 Å². The van der Waals surface area contributed by atoms with Crippen LogP contribution in [0.15, 0.2) is 22.7 Å². The molecule has 94 valence electrons. The van der Waals surface area contributed by atoms with Gasteiger partial charge in [-0.05, 0) is 42.5 Å². The zero-order valence-electron chi connectivity index (χ0n) is 10.2. The van der Waals surface area contributed by atoms with Crippen LogP contribution in [0, 0.1) is 5.92 Å². The molecular formula is C14H19BrClN. The van der Waals surface area contributed by atoms with Crippen LogP contribution in [0.2, 0.25) is 5.02 Å². The lowest BCUT2D eigenvalue weighted by Crippen LogP contribution is -2.36. The van der Waals surface area contributed by atoms with E-state index in [1.165, 1.54) is 31.2 Å². The highest BCUT2D eigenvalue weighted by Gasteiger charge is 2.20. The van der Waals surface area contributed by atoms with E-state index in [1.54, 1.807) is 0 Å². The van der Waals surface area contributed by atoms with Gasteiger partial charge in [-0.2, -0.15) is 0 Å².